The van der Waals surface area contributed by atoms with E-state index in [9.17, 15) is 4.79 Å². The minimum Gasteiger partial charge on any atom is -0.383 e. The summed E-state index contributed by atoms with van der Waals surface area (Å²) in [7, 11) is 3.47. The molecule has 1 atom stereocenters. The van der Waals surface area contributed by atoms with Crippen molar-refractivity contribution in [2.75, 3.05) is 27.3 Å². The van der Waals surface area contributed by atoms with Gasteiger partial charge in [-0.15, -0.1) is 0 Å². The number of alkyl halides is 1. The van der Waals surface area contributed by atoms with Crippen LogP contribution in [0, 0.1) is 13.8 Å². The Kier molecular flexibility index (Phi) is 5.82. The van der Waals surface area contributed by atoms with Crippen LogP contribution in [0.3, 0.4) is 0 Å². The predicted octanol–water partition coefficient (Wildman–Crippen LogP) is 2.79. The van der Waals surface area contributed by atoms with Gasteiger partial charge in [0.15, 0.2) is 0 Å². The Morgan fingerprint density at radius 3 is 2.72 bits per heavy atom. The lowest BCUT2D eigenvalue weighted by atomic mass is 10.0. The average Bonchev–Trinajstić information content (AvgIpc) is 2.31. The molecule has 18 heavy (non-hydrogen) atoms. The lowest BCUT2D eigenvalue weighted by Gasteiger charge is -2.21. The molecule has 0 heterocycles. The highest BCUT2D eigenvalue weighted by Gasteiger charge is 2.17. The summed E-state index contributed by atoms with van der Waals surface area (Å²) in [6.07, 6.45) is 0. The number of aryl methyl sites for hydroxylation is 2. The number of ether oxygens (including phenoxy) is 1. The summed E-state index contributed by atoms with van der Waals surface area (Å²) in [5.41, 5.74) is 2.88. The SMILES string of the molecule is COCC(Br)CN(C)C(=O)c1cc(C)ccc1C. The molecule has 0 fully saturated rings. The van der Waals surface area contributed by atoms with Gasteiger partial charge in [-0.25, -0.2) is 0 Å². The van der Waals surface area contributed by atoms with Gasteiger partial charge in [0.05, 0.1) is 11.4 Å². The van der Waals surface area contributed by atoms with E-state index >= 15 is 0 Å². The lowest BCUT2D eigenvalue weighted by molar-refractivity contribution is 0.0783. The molecule has 4 heteroatoms. The van der Waals surface area contributed by atoms with Gasteiger partial charge in [-0.2, -0.15) is 0 Å². The van der Waals surface area contributed by atoms with Crippen molar-refractivity contribution in [3.63, 3.8) is 0 Å². The van der Waals surface area contributed by atoms with Gasteiger partial charge in [0.2, 0.25) is 0 Å². The summed E-state index contributed by atoms with van der Waals surface area (Å²) in [5.74, 6) is 0.0525. The first-order valence-electron chi connectivity index (χ1n) is 5.91. The van der Waals surface area contributed by atoms with Crippen LogP contribution in [-0.4, -0.2) is 42.9 Å². The van der Waals surface area contributed by atoms with Crippen molar-refractivity contribution < 1.29 is 9.53 Å². The zero-order valence-electron chi connectivity index (χ0n) is 11.4. The van der Waals surface area contributed by atoms with Gasteiger partial charge in [0, 0.05) is 26.3 Å². The molecule has 0 aliphatic carbocycles. The standard InChI is InChI=1S/C14H20BrNO2/c1-10-5-6-11(2)13(7-10)14(17)16(3)8-12(15)9-18-4/h5-7,12H,8-9H2,1-4H3. The van der Waals surface area contributed by atoms with Crippen LogP contribution in [0.2, 0.25) is 0 Å². The van der Waals surface area contributed by atoms with E-state index < -0.39 is 0 Å². The first kappa shape index (κ1) is 15.2. The number of nitrogens with zero attached hydrogens (tertiary/aromatic N) is 1. The first-order valence-corrected chi connectivity index (χ1v) is 6.83. The molecule has 3 nitrogen and oxygen atoms in total. The molecular formula is C14H20BrNO2. The molecule has 1 aromatic rings. The molecule has 0 bridgehead atoms. The van der Waals surface area contributed by atoms with Gasteiger partial charge >= 0.3 is 0 Å². The summed E-state index contributed by atoms with van der Waals surface area (Å²) in [6, 6.07) is 5.94. The normalized spacial score (nSPS) is 12.3. The van der Waals surface area contributed by atoms with Crippen molar-refractivity contribution in [3.05, 3.63) is 34.9 Å². The van der Waals surface area contributed by atoms with Crippen LogP contribution in [0.5, 0.6) is 0 Å². The Labute approximate surface area is 117 Å². The third-order valence-electron chi connectivity index (χ3n) is 2.79. The van der Waals surface area contributed by atoms with E-state index in [2.05, 4.69) is 15.9 Å². The zero-order valence-corrected chi connectivity index (χ0v) is 13.0. The molecule has 0 saturated heterocycles. The second kappa shape index (κ2) is 6.90. The van der Waals surface area contributed by atoms with Gasteiger partial charge < -0.3 is 9.64 Å². The van der Waals surface area contributed by atoms with E-state index in [0.717, 1.165) is 16.7 Å². The maximum absolute atomic E-state index is 12.3. The highest BCUT2D eigenvalue weighted by molar-refractivity contribution is 9.09. The molecule has 0 saturated carbocycles. The topological polar surface area (TPSA) is 29.5 Å². The van der Waals surface area contributed by atoms with Gasteiger partial charge in [0.1, 0.15) is 0 Å². The number of hydrogen-bond donors (Lipinski definition) is 0. The van der Waals surface area contributed by atoms with Crippen LogP contribution in [0.1, 0.15) is 21.5 Å². The Hall–Kier alpha value is -0.870. The van der Waals surface area contributed by atoms with Crippen LogP contribution in [0.25, 0.3) is 0 Å². The van der Waals surface area contributed by atoms with Gasteiger partial charge in [0.25, 0.3) is 5.91 Å². The van der Waals surface area contributed by atoms with E-state index in [-0.39, 0.29) is 10.7 Å². The van der Waals surface area contributed by atoms with E-state index in [1.165, 1.54) is 0 Å². The molecule has 0 aliphatic rings. The number of carbonyl (C=O) groups is 1. The molecular weight excluding hydrogens is 294 g/mol. The number of hydrogen-bond acceptors (Lipinski definition) is 2. The van der Waals surface area contributed by atoms with Crippen molar-refractivity contribution in [1.82, 2.24) is 4.90 Å². The predicted molar refractivity (Wildman–Crippen MR) is 77.5 cm³/mol. The molecule has 1 rings (SSSR count). The summed E-state index contributed by atoms with van der Waals surface area (Å²) in [4.78, 5) is 14.2. The Balaban J connectivity index is 2.77. The fraction of sp³-hybridized carbons (Fsp3) is 0.500. The number of benzene rings is 1. The lowest BCUT2D eigenvalue weighted by Crippen LogP contribution is -2.34. The van der Waals surface area contributed by atoms with E-state index in [4.69, 9.17) is 4.74 Å². The first-order chi connectivity index (χ1) is 8.45. The quantitative estimate of drug-likeness (QED) is 0.782. The molecule has 100 valence electrons. The van der Waals surface area contributed by atoms with Crippen molar-refractivity contribution in [2.45, 2.75) is 18.7 Å². The minimum atomic E-state index is 0.0525. The number of carbonyl (C=O) groups excluding carboxylic acids is 1. The highest BCUT2D eigenvalue weighted by Crippen LogP contribution is 2.14. The number of methoxy groups -OCH3 is 1. The van der Waals surface area contributed by atoms with Crippen molar-refractivity contribution in [1.29, 1.82) is 0 Å². The molecule has 1 aromatic carbocycles. The maximum atomic E-state index is 12.3. The fourth-order valence-electron chi connectivity index (χ4n) is 1.79. The Bertz CT molecular complexity index is 420. The fourth-order valence-corrected chi connectivity index (χ4v) is 2.48. The molecule has 1 amide bonds. The second-order valence-corrected chi connectivity index (χ2v) is 5.85. The van der Waals surface area contributed by atoms with Crippen LogP contribution in [0.4, 0.5) is 0 Å². The summed E-state index contributed by atoms with van der Waals surface area (Å²) in [5, 5.41) is 0. The molecule has 0 radical (unpaired) electrons. The van der Waals surface area contributed by atoms with E-state index in [1.54, 1.807) is 12.0 Å². The van der Waals surface area contributed by atoms with Crippen LogP contribution < -0.4 is 0 Å². The van der Waals surface area contributed by atoms with Crippen LogP contribution >= 0.6 is 15.9 Å². The third-order valence-corrected chi connectivity index (χ3v) is 3.34. The van der Waals surface area contributed by atoms with Gasteiger partial charge in [-0.3, -0.25) is 4.79 Å². The van der Waals surface area contributed by atoms with Crippen LogP contribution in [-0.2, 0) is 4.74 Å². The molecule has 0 aliphatic heterocycles. The summed E-state index contributed by atoms with van der Waals surface area (Å²) < 4.78 is 5.05. The van der Waals surface area contributed by atoms with E-state index in [0.29, 0.717) is 13.2 Å². The minimum absolute atomic E-state index is 0.0525. The summed E-state index contributed by atoms with van der Waals surface area (Å²) in [6.45, 7) is 5.17. The van der Waals surface area contributed by atoms with E-state index in [1.807, 2.05) is 39.1 Å². The zero-order chi connectivity index (χ0) is 13.7. The smallest absolute Gasteiger partial charge is 0.253 e. The monoisotopic (exact) mass is 313 g/mol. The Morgan fingerprint density at radius 1 is 1.44 bits per heavy atom. The third kappa shape index (κ3) is 4.10. The number of rotatable bonds is 5. The average molecular weight is 314 g/mol. The second-order valence-electron chi connectivity index (χ2n) is 4.56. The van der Waals surface area contributed by atoms with Gasteiger partial charge in [-0.1, -0.05) is 33.6 Å². The highest BCUT2D eigenvalue weighted by atomic mass is 79.9. The molecule has 1 unspecified atom stereocenters. The van der Waals surface area contributed by atoms with Crippen LogP contribution in [0.15, 0.2) is 18.2 Å². The van der Waals surface area contributed by atoms with Crippen molar-refractivity contribution in [3.8, 4) is 0 Å². The maximum Gasteiger partial charge on any atom is 0.253 e. The van der Waals surface area contributed by atoms with Crippen molar-refractivity contribution >= 4 is 21.8 Å². The molecule has 0 spiro atoms. The summed E-state index contributed by atoms with van der Waals surface area (Å²) >= 11 is 3.49. The largest absolute Gasteiger partial charge is 0.383 e. The molecule has 0 aromatic heterocycles. The molecule has 0 N–H and O–H groups in total. The Morgan fingerprint density at radius 2 is 2.11 bits per heavy atom. The number of amides is 1. The van der Waals surface area contributed by atoms with Crippen molar-refractivity contribution in [2.24, 2.45) is 0 Å². The van der Waals surface area contributed by atoms with Gasteiger partial charge in [-0.05, 0) is 25.5 Å². The number of halogens is 1.